The van der Waals surface area contributed by atoms with E-state index >= 15 is 0 Å². The quantitative estimate of drug-likeness (QED) is 0.693. The van der Waals surface area contributed by atoms with Gasteiger partial charge in [-0.1, -0.05) is 41.2 Å². The molecule has 0 unspecified atom stereocenters. The number of benzene rings is 1. The first kappa shape index (κ1) is 22.4. The highest BCUT2D eigenvalue weighted by Crippen LogP contribution is 2.27. The first-order valence-corrected chi connectivity index (χ1v) is 11.2. The van der Waals surface area contributed by atoms with Crippen LogP contribution in [-0.4, -0.2) is 51.1 Å². The first-order chi connectivity index (χ1) is 14.3. The minimum absolute atomic E-state index is 0.0968. The molecule has 7 nitrogen and oxygen atoms in total. The summed E-state index contributed by atoms with van der Waals surface area (Å²) >= 11 is 1.12. The van der Waals surface area contributed by atoms with Gasteiger partial charge in [-0.3, -0.25) is 9.59 Å². The van der Waals surface area contributed by atoms with Gasteiger partial charge in [0.15, 0.2) is 5.69 Å². The maximum absolute atomic E-state index is 13.5. The number of hydrogen-bond acceptors (Lipinski definition) is 6. The van der Waals surface area contributed by atoms with Gasteiger partial charge in [0, 0.05) is 24.1 Å². The van der Waals surface area contributed by atoms with Crippen LogP contribution in [0.5, 0.6) is 0 Å². The summed E-state index contributed by atoms with van der Waals surface area (Å²) in [5, 5.41) is 8.69. The molecule has 1 aromatic carbocycles. The highest BCUT2D eigenvalue weighted by atomic mass is 32.1. The average molecular weight is 431 g/mol. The molecule has 1 saturated heterocycles. The molecule has 1 aromatic heterocycles. The van der Waals surface area contributed by atoms with Crippen LogP contribution in [-0.2, 0) is 9.53 Å². The summed E-state index contributed by atoms with van der Waals surface area (Å²) in [4.78, 5) is 28.5. The number of hydrogen-bond donors (Lipinski definition) is 1. The standard InChI is InChI=1S/C22H30N4O3S/c1-5-22(3,4)23-20(27)19(16-10-8-15(2)9-11-16)26(13-17-7-6-12-29-17)21(28)18-14-30-25-24-18/h8-11,14,17,19H,5-7,12-13H2,1-4H3,(H,23,27)/t17-,19-/m0/s1. The second kappa shape index (κ2) is 9.66. The molecule has 0 aliphatic carbocycles. The first-order valence-electron chi connectivity index (χ1n) is 10.4. The van der Waals surface area contributed by atoms with Crippen LogP contribution < -0.4 is 5.32 Å². The summed E-state index contributed by atoms with van der Waals surface area (Å²) in [6.45, 7) is 8.98. The number of aromatic nitrogens is 2. The minimum Gasteiger partial charge on any atom is -0.376 e. The third-order valence-corrected chi connectivity index (χ3v) is 6.07. The maximum Gasteiger partial charge on any atom is 0.276 e. The van der Waals surface area contributed by atoms with Gasteiger partial charge in [-0.15, -0.1) is 5.10 Å². The van der Waals surface area contributed by atoms with E-state index in [1.54, 1.807) is 10.3 Å². The van der Waals surface area contributed by atoms with Gasteiger partial charge in [0.25, 0.3) is 5.91 Å². The number of carbonyl (C=O) groups excluding carboxylic acids is 2. The van der Waals surface area contributed by atoms with Gasteiger partial charge in [-0.2, -0.15) is 0 Å². The lowest BCUT2D eigenvalue weighted by Gasteiger charge is -2.35. The highest BCUT2D eigenvalue weighted by Gasteiger charge is 2.37. The van der Waals surface area contributed by atoms with Crippen molar-refractivity contribution in [3.05, 3.63) is 46.5 Å². The Bertz CT molecular complexity index is 846. The molecule has 2 heterocycles. The lowest BCUT2D eigenvalue weighted by atomic mass is 9.97. The van der Waals surface area contributed by atoms with E-state index in [-0.39, 0.29) is 29.2 Å². The van der Waals surface area contributed by atoms with Gasteiger partial charge in [-0.25, -0.2) is 0 Å². The molecule has 1 aliphatic rings. The number of rotatable bonds is 8. The maximum atomic E-state index is 13.5. The fourth-order valence-corrected chi connectivity index (χ4v) is 3.86. The van der Waals surface area contributed by atoms with Crippen molar-refractivity contribution >= 4 is 23.3 Å². The lowest BCUT2D eigenvalue weighted by Crippen LogP contribution is -2.51. The third kappa shape index (κ3) is 5.43. The summed E-state index contributed by atoms with van der Waals surface area (Å²) < 4.78 is 9.63. The Kier molecular flexibility index (Phi) is 7.20. The Morgan fingerprint density at radius 1 is 1.33 bits per heavy atom. The molecule has 0 bridgehead atoms. The zero-order valence-corrected chi connectivity index (χ0v) is 18.9. The number of carbonyl (C=O) groups is 2. The van der Waals surface area contributed by atoms with Crippen LogP contribution in [0.15, 0.2) is 29.6 Å². The predicted molar refractivity (Wildman–Crippen MR) is 116 cm³/mol. The molecule has 1 fully saturated rings. The van der Waals surface area contributed by atoms with Crippen molar-refractivity contribution < 1.29 is 14.3 Å². The van der Waals surface area contributed by atoms with Crippen molar-refractivity contribution in [2.45, 2.75) is 64.6 Å². The Morgan fingerprint density at radius 3 is 2.63 bits per heavy atom. The molecule has 0 radical (unpaired) electrons. The van der Waals surface area contributed by atoms with Crippen molar-refractivity contribution in [3.8, 4) is 0 Å². The highest BCUT2D eigenvalue weighted by molar-refractivity contribution is 7.03. The summed E-state index contributed by atoms with van der Waals surface area (Å²) in [7, 11) is 0. The molecule has 2 amide bonds. The monoisotopic (exact) mass is 430 g/mol. The summed E-state index contributed by atoms with van der Waals surface area (Å²) in [5.41, 5.74) is 1.71. The van der Waals surface area contributed by atoms with Crippen LogP contribution in [0.4, 0.5) is 0 Å². The summed E-state index contributed by atoms with van der Waals surface area (Å²) in [6.07, 6.45) is 2.49. The smallest absolute Gasteiger partial charge is 0.276 e. The van der Waals surface area contributed by atoms with Crippen molar-refractivity contribution in [2.24, 2.45) is 0 Å². The number of ether oxygens (including phenoxy) is 1. The van der Waals surface area contributed by atoms with E-state index in [0.29, 0.717) is 13.2 Å². The van der Waals surface area contributed by atoms with E-state index in [2.05, 4.69) is 14.9 Å². The molecule has 162 valence electrons. The molecule has 1 aliphatic heterocycles. The van der Waals surface area contributed by atoms with Crippen molar-refractivity contribution in [3.63, 3.8) is 0 Å². The second-order valence-corrected chi connectivity index (χ2v) is 9.03. The minimum atomic E-state index is -0.783. The fraction of sp³-hybridized carbons (Fsp3) is 0.545. The molecule has 1 N–H and O–H groups in total. The molecule has 8 heteroatoms. The van der Waals surface area contributed by atoms with Crippen molar-refractivity contribution in [1.29, 1.82) is 0 Å². The number of nitrogens with one attached hydrogen (secondary N) is 1. The van der Waals surface area contributed by atoms with E-state index in [4.69, 9.17) is 4.74 Å². The molecule has 2 aromatic rings. The number of nitrogens with zero attached hydrogens (tertiary/aromatic N) is 3. The van der Waals surface area contributed by atoms with Crippen LogP contribution in [0.2, 0.25) is 0 Å². The fourth-order valence-electron chi connectivity index (χ4n) is 3.43. The van der Waals surface area contributed by atoms with Crippen LogP contribution in [0.3, 0.4) is 0 Å². The summed E-state index contributed by atoms with van der Waals surface area (Å²) in [6, 6.07) is 6.95. The van der Waals surface area contributed by atoms with E-state index in [9.17, 15) is 9.59 Å². The van der Waals surface area contributed by atoms with Crippen LogP contribution in [0.1, 0.15) is 67.7 Å². The predicted octanol–water partition coefficient (Wildman–Crippen LogP) is 3.51. The number of amides is 2. The molecule has 3 rings (SSSR count). The molecule has 2 atom stereocenters. The summed E-state index contributed by atoms with van der Waals surface area (Å²) in [5.74, 6) is -0.519. The Balaban J connectivity index is 2.00. The second-order valence-electron chi connectivity index (χ2n) is 8.42. The van der Waals surface area contributed by atoms with Crippen LogP contribution in [0.25, 0.3) is 0 Å². The van der Waals surface area contributed by atoms with E-state index < -0.39 is 6.04 Å². The van der Waals surface area contributed by atoms with E-state index in [0.717, 1.165) is 41.9 Å². The molecule has 30 heavy (non-hydrogen) atoms. The van der Waals surface area contributed by atoms with Crippen molar-refractivity contribution in [2.75, 3.05) is 13.2 Å². The zero-order chi connectivity index (χ0) is 21.7. The topological polar surface area (TPSA) is 84.4 Å². The molecule has 0 spiro atoms. The number of aryl methyl sites for hydroxylation is 1. The lowest BCUT2D eigenvalue weighted by molar-refractivity contribution is -0.128. The van der Waals surface area contributed by atoms with Crippen molar-refractivity contribution in [1.82, 2.24) is 19.8 Å². The normalized spacial score (nSPS) is 17.5. The van der Waals surface area contributed by atoms with Gasteiger partial charge in [0.05, 0.1) is 6.10 Å². The van der Waals surface area contributed by atoms with Gasteiger partial charge in [-0.05, 0) is 57.1 Å². The molecular weight excluding hydrogens is 400 g/mol. The third-order valence-electron chi connectivity index (χ3n) is 5.56. The Morgan fingerprint density at radius 2 is 2.07 bits per heavy atom. The average Bonchev–Trinajstić information content (AvgIpc) is 3.42. The van der Waals surface area contributed by atoms with Gasteiger partial charge >= 0.3 is 0 Å². The molecule has 0 saturated carbocycles. The van der Waals surface area contributed by atoms with Gasteiger partial charge in [0.2, 0.25) is 5.91 Å². The Hall–Kier alpha value is -2.32. The van der Waals surface area contributed by atoms with Crippen LogP contribution in [0, 0.1) is 6.92 Å². The van der Waals surface area contributed by atoms with E-state index in [1.807, 2.05) is 52.0 Å². The van der Waals surface area contributed by atoms with Crippen LogP contribution >= 0.6 is 11.5 Å². The zero-order valence-electron chi connectivity index (χ0n) is 18.1. The van der Waals surface area contributed by atoms with Gasteiger partial charge in [0.1, 0.15) is 6.04 Å². The SMILES string of the molecule is CCC(C)(C)NC(=O)[C@H](c1ccc(C)cc1)N(C[C@@H]1CCCO1)C(=O)c1csnn1. The Labute approximate surface area is 182 Å². The van der Waals surface area contributed by atoms with Gasteiger partial charge < -0.3 is 15.0 Å². The molecular formula is C22H30N4O3S. The largest absolute Gasteiger partial charge is 0.376 e. The van der Waals surface area contributed by atoms with E-state index in [1.165, 1.54) is 0 Å².